The highest BCUT2D eigenvalue weighted by atomic mass is 32.2. The number of hydrogen-bond acceptors (Lipinski definition) is 6. The normalized spacial score (nSPS) is 14.4. The molecule has 0 saturated heterocycles. The van der Waals surface area contributed by atoms with Gasteiger partial charge in [0.15, 0.2) is 11.5 Å². The van der Waals surface area contributed by atoms with E-state index in [9.17, 15) is 22.8 Å². The van der Waals surface area contributed by atoms with Crippen molar-refractivity contribution < 1.29 is 27.5 Å². The van der Waals surface area contributed by atoms with Crippen LogP contribution in [0, 0.1) is 13.8 Å². The first-order valence-electron chi connectivity index (χ1n) is 10.4. The molecule has 34 heavy (non-hydrogen) atoms. The molecule has 0 bridgehead atoms. The number of Topliss-reactive ketones (excluding diaryl/α,β-unsaturated/α-hetero) is 1. The summed E-state index contributed by atoms with van der Waals surface area (Å²) in [6, 6.07) is 18.6. The van der Waals surface area contributed by atoms with E-state index in [0.29, 0.717) is 4.31 Å². The van der Waals surface area contributed by atoms with E-state index in [1.807, 2.05) is 13.8 Å². The van der Waals surface area contributed by atoms with Crippen LogP contribution in [-0.4, -0.2) is 30.4 Å². The van der Waals surface area contributed by atoms with Crippen molar-refractivity contribution in [2.24, 2.45) is 0 Å². The lowest BCUT2D eigenvalue weighted by Crippen LogP contribution is -2.42. The summed E-state index contributed by atoms with van der Waals surface area (Å²) in [7, 11) is -4.46. The second-order valence-electron chi connectivity index (χ2n) is 7.93. The van der Waals surface area contributed by atoms with Crippen LogP contribution in [0.25, 0.3) is 5.76 Å². The second-order valence-corrected chi connectivity index (χ2v) is 9.68. The fourth-order valence-electron chi connectivity index (χ4n) is 3.59. The molecule has 0 atom stereocenters. The zero-order valence-electron chi connectivity index (χ0n) is 18.7. The molecule has 0 N–H and O–H groups in total. The van der Waals surface area contributed by atoms with E-state index in [4.69, 9.17) is 4.74 Å². The lowest BCUT2D eigenvalue weighted by Gasteiger charge is -2.31. The van der Waals surface area contributed by atoms with Crippen molar-refractivity contribution in [2.75, 3.05) is 0 Å². The molecule has 0 aliphatic carbocycles. The number of rotatable bonds is 4. The largest absolute Gasteiger partial charge is 0.420 e. The topological polar surface area (TPSA) is 97.8 Å². The lowest BCUT2D eigenvalue weighted by atomic mass is 10.1. The van der Waals surface area contributed by atoms with Crippen molar-refractivity contribution in [3.8, 4) is 0 Å². The minimum absolute atomic E-state index is 0.0288. The second kappa shape index (κ2) is 8.72. The molecule has 172 valence electrons. The number of aryl methyl sites for hydroxylation is 2. The van der Waals surface area contributed by atoms with E-state index in [-0.39, 0.29) is 27.3 Å². The first-order valence-corrected chi connectivity index (χ1v) is 11.8. The number of carbonyl (C=O) groups is 3. The lowest BCUT2D eigenvalue weighted by molar-refractivity contribution is -0.114. The van der Waals surface area contributed by atoms with Crippen molar-refractivity contribution in [1.82, 2.24) is 4.31 Å². The summed E-state index contributed by atoms with van der Waals surface area (Å²) in [5.74, 6) is -2.75. The summed E-state index contributed by atoms with van der Waals surface area (Å²) in [6.07, 6.45) is 0. The minimum atomic E-state index is -4.46. The first kappa shape index (κ1) is 23.1. The molecule has 4 rings (SSSR count). The third kappa shape index (κ3) is 4.04. The molecule has 3 aromatic carbocycles. The van der Waals surface area contributed by atoms with Gasteiger partial charge in [0.05, 0.1) is 10.5 Å². The van der Waals surface area contributed by atoms with Gasteiger partial charge < -0.3 is 4.74 Å². The van der Waals surface area contributed by atoms with Gasteiger partial charge in [-0.1, -0.05) is 47.5 Å². The van der Waals surface area contributed by atoms with Gasteiger partial charge in [-0.05, 0) is 50.2 Å². The van der Waals surface area contributed by atoms with E-state index in [1.165, 1.54) is 30.3 Å². The van der Waals surface area contributed by atoms with E-state index in [1.54, 1.807) is 42.5 Å². The molecule has 1 heterocycles. The molecule has 1 aliphatic heterocycles. The van der Waals surface area contributed by atoms with Gasteiger partial charge in [0.1, 0.15) is 5.70 Å². The molecule has 0 unspecified atom stereocenters. The highest BCUT2D eigenvalue weighted by Gasteiger charge is 2.44. The quantitative estimate of drug-likeness (QED) is 0.523. The van der Waals surface area contributed by atoms with Gasteiger partial charge in [-0.15, -0.1) is 0 Å². The molecule has 0 radical (unpaired) electrons. The van der Waals surface area contributed by atoms with Crippen LogP contribution in [-0.2, 0) is 19.6 Å². The highest BCUT2D eigenvalue weighted by Crippen LogP contribution is 2.39. The van der Waals surface area contributed by atoms with Gasteiger partial charge in [0.25, 0.3) is 15.9 Å². The Bertz CT molecular complexity index is 1450. The summed E-state index contributed by atoms with van der Waals surface area (Å²) in [5, 5.41) is 0. The maximum absolute atomic E-state index is 13.5. The number of amides is 1. The Hall–Kier alpha value is -4.04. The fourth-order valence-corrected chi connectivity index (χ4v) is 5.25. The van der Waals surface area contributed by atoms with Crippen LogP contribution in [0.1, 0.15) is 44.3 Å². The number of nitrogens with zero attached hydrogens (tertiary/aromatic N) is 1. The van der Waals surface area contributed by atoms with Crippen LogP contribution < -0.4 is 0 Å². The number of ether oxygens (including phenoxy) is 1. The van der Waals surface area contributed by atoms with Gasteiger partial charge in [-0.2, -0.15) is 4.31 Å². The van der Waals surface area contributed by atoms with Crippen molar-refractivity contribution in [3.05, 3.63) is 106 Å². The number of ketones is 1. The number of benzene rings is 3. The Morgan fingerprint density at radius 1 is 0.765 bits per heavy atom. The van der Waals surface area contributed by atoms with E-state index in [2.05, 4.69) is 0 Å². The molecule has 0 spiro atoms. The van der Waals surface area contributed by atoms with Gasteiger partial charge in [-0.3, -0.25) is 9.59 Å². The molecule has 1 amide bonds. The van der Waals surface area contributed by atoms with Crippen molar-refractivity contribution in [1.29, 1.82) is 0 Å². The zero-order valence-corrected chi connectivity index (χ0v) is 19.5. The van der Waals surface area contributed by atoms with Gasteiger partial charge in [0.2, 0.25) is 0 Å². The minimum Gasteiger partial charge on any atom is -0.420 e. The van der Waals surface area contributed by atoms with Crippen molar-refractivity contribution in [3.63, 3.8) is 0 Å². The van der Waals surface area contributed by atoms with Crippen LogP contribution in [0.15, 0.2) is 83.4 Å². The third-order valence-electron chi connectivity index (χ3n) is 5.37. The Morgan fingerprint density at radius 2 is 1.29 bits per heavy atom. The smallest absolute Gasteiger partial charge is 0.343 e. The number of esters is 1. The third-order valence-corrected chi connectivity index (χ3v) is 7.11. The fraction of sp³-hybridized carbons (Fsp3) is 0.115. The number of sulfonamides is 1. The maximum atomic E-state index is 13.5. The molecule has 7 nitrogen and oxygen atoms in total. The molecule has 1 aliphatic rings. The highest BCUT2D eigenvalue weighted by molar-refractivity contribution is 7.90. The molecule has 0 aromatic heterocycles. The average molecular weight is 476 g/mol. The van der Waals surface area contributed by atoms with Crippen molar-refractivity contribution >= 4 is 33.4 Å². The van der Waals surface area contributed by atoms with Crippen molar-refractivity contribution in [2.45, 2.75) is 25.7 Å². The summed E-state index contributed by atoms with van der Waals surface area (Å²) in [5.41, 5.74) is 1.59. The SMILES string of the molecule is CC(=O)C1=C(OC(=O)c2ccc(C)cc2)c2ccccc2S(=O)(=O)N1C(=O)c1ccc(C)cc1. The number of carbonyl (C=O) groups excluding carboxylic acids is 3. The van der Waals surface area contributed by atoms with Crippen LogP contribution in [0.2, 0.25) is 0 Å². The molecular weight excluding hydrogens is 454 g/mol. The van der Waals surface area contributed by atoms with Gasteiger partial charge in [-0.25, -0.2) is 13.2 Å². The number of hydrogen-bond donors (Lipinski definition) is 0. The van der Waals surface area contributed by atoms with Crippen LogP contribution in [0.5, 0.6) is 0 Å². The Balaban J connectivity index is 1.92. The summed E-state index contributed by atoms with van der Waals surface area (Å²) >= 11 is 0. The summed E-state index contributed by atoms with van der Waals surface area (Å²) < 4.78 is 33.1. The molecule has 0 fully saturated rings. The summed E-state index contributed by atoms with van der Waals surface area (Å²) in [6.45, 7) is 4.81. The molecule has 3 aromatic rings. The molecule has 8 heteroatoms. The van der Waals surface area contributed by atoms with Gasteiger partial charge in [0, 0.05) is 18.1 Å². The Labute approximate surface area is 197 Å². The predicted octanol–water partition coefficient (Wildman–Crippen LogP) is 4.26. The van der Waals surface area contributed by atoms with Crippen LogP contribution >= 0.6 is 0 Å². The zero-order chi connectivity index (χ0) is 24.6. The summed E-state index contributed by atoms with van der Waals surface area (Å²) in [4.78, 5) is 38.9. The predicted molar refractivity (Wildman–Crippen MR) is 125 cm³/mol. The van der Waals surface area contributed by atoms with E-state index >= 15 is 0 Å². The average Bonchev–Trinajstić information content (AvgIpc) is 2.81. The number of allylic oxidation sites excluding steroid dienone is 1. The van der Waals surface area contributed by atoms with Crippen LogP contribution in [0.4, 0.5) is 0 Å². The molecule has 0 saturated carbocycles. The Kier molecular flexibility index (Phi) is 5.93. The Morgan fingerprint density at radius 3 is 1.85 bits per heavy atom. The van der Waals surface area contributed by atoms with Gasteiger partial charge >= 0.3 is 5.97 Å². The maximum Gasteiger partial charge on any atom is 0.343 e. The van der Waals surface area contributed by atoms with E-state index in [0.717, 1.165) is 18.1 Å². The number of fused-ring (bicyclic) bond motifs is 1. The monoisotopic (exact) mass is 475 g/mol. The first-order chi connectivity index (χ1) is 16.1. The van der Waals surface area contributed by atoms with Crippen LogP contribution in [0.3, 0.4) is 0 Å². The van der Waals surface area contributed by atoms with E-state index < -0.39 is 33.4 Å². The molecular formula is C26H21NO6S. The standard InChI is InChI=1S/C26H21NO6S/c1-16-8-12-19(13-9-16)25(29)27-23(18(3)28)24(21-6-4-5-7-22(21)34(27,31)32)33-26(30)20-14-10-17(2)11-15-20/h4-15H,1-3H3.